The molecule has 16 heavy (non-hydrogen) atoms. The first-order valence-corrected chi connectivity index (χ1v) is 5.98. The first-order chi connectivity index (χ1) is 7.75. The standard InChI is InChI=1S/C14H18O2/c1-11(12-5-3-2-4-6-12)16-14-9-7-13(15)8-10-14/h2-6,11,14H,7-10H2,1H3/t11-/m1/s1. The molecule has 1 atom stereocenters. The highest BCUT2D eigenvalue weighted by atomic mass is 16.5. The molecule has 0 N–H and O–H groups in total. The first-order valence-electron chi connectivity index (χ1n) is 5.98. The highest BCUT2D eigenvalue weighted by Crippen LogP contribution is 2.25. The Morgan fingerprint density at radius 1 is 1.19 bits per heavy atom. The van der Waals surface area contributed by atoms with Crippen LogP contribution in [-0.4, -0.2) is 11.9 Å². The van der Waals surface area contributed by atoms with E-state index < -0.39 is 0 Å². The van der Waals surface area contributed by atoms with Gasteiger partial charge < -0.3 is 4.74 Å². The number of hydrogen-bond donors (Lipinski definition) is 0. The van der Waals surface area contributed by atoms with Crippen molar-refractivity contribution < 1.29 is 9.53 Å². The third-order valence-electron chi connectivity index (χ3n) is 3.16. The zero-order valence-electron chi connectivity index (χ0n) is 9.69. The summed E-state index contributed by atoms with van der Waals surface area (Å²) in [6.45, 7) is 2.08. The molecule has 0 aromatic heterocycles. The molecule has 0 spiro atoms. The van der Waals surface area contributed by atoms with E-state index in [2.05, 4.69) is 19.1 Å². The summed E-state index contributed by atoms with van der Waals surface area (Å²) < 4.78 is 5.97. The Kier molecular flexibility index (Phi) is 3.73. The summed E-state index contributed by atoms with van der Waals surface area (Å²) >= 11 is 0. The minimum absolute atomic E-state index is 0.124. The van der Waals surface area contributed by atoms with Crippen molar-refractivity contribution >= 4 is 5.78 Å². The van der Waals surface area contributed by atoms with Crippen molar-refractivity contribution in [2.75, 3.05) is 0 Å². The van der Waals surface area contributed by atoms with E-state index in [4.69, 9.17) is 4.74 Å². The highest BCUT2D eigenvalue weighted by molar-refractivity contribution is 5.79. The Morgan fingerprint density at radius 2 is 1.81 bits per heavy atom. The second kappa shape index (κ2) is 5.26. The van der Waals surface area contributed by atoms with Crippen LogP contribution in [-0.2, 0) is 9.53 Å². The average molecular weight is 218 g/mol. The van der Waals surface area contributed by atoms with Gasteiger partial charge in [-0.25, -0.2) is 0 Å². The number of rotatable bonds is 3. The van der Waals surface area contributed by atoms with Gasteiger partial charge in [0.1, 0.15) is 5.78 Å². The van der Waals surface area contributed by atoms with E-state index in [1.807, 2.05) is 18.2 Å². The van der Waals surface area contributed by atoms with Gasteiger partial charge in [-0.2, -0.15) is 0 Å². The molecule has 86 valence electrons. The van der Waals surface area contributed by atoms with E-state index in [-0.39, 0.29) is 12.2 Å². The van der Waals surface area contributed by atoms with Gasteiger partial charge in [-0.1, -0.05) is 30.3 Å². The molecule has 0 radical (unpaired) electrons. The van der Waals surface area contributed by atoms with Crippen LogP contribution in [0.3, 0.4) is 0 Å². The monoisotopic (exact) mass is 218 g/mol. The summed E-state index contributed by atoms with van der Waals surface area (Å²) in [5, 5.41) is 0. The van der Waals surface area contributed by atoms with Gasteiger partial charge in [0.2, 0.25) is 0 Å². The molecule has 1 aromatic rings. The summed E-state index contributed by atoms with van der Waals surface area (Å²) in [6.07, 6.45) is 3.52. The van der Waals surface area contributed by atoms with Gasteiger partial charge in [-0.05, 0) is 25.3 Å². The lowest BCUT2D eigenvalue weighted by Crippen LogP contribution is -2.22. The normalized spacial score (nSPS) is 19.7. The molecule has 1 fully saturated rings. The molecule has 0 heterocycles. The van der Waals surface area contributed by atoms with E-state index in [0.717, 1.165) is 12.8 Å². The number of ether oxygens (including phenoxy) is 1. The highest BCUT2D eigenvalue weighted by Gasteiger charge is 2.21. The van der Waals surface area contributed by atoms with Crippen molar-refractivity contribution in [1.29, 1.82) is 0 Å². The van der Waals surface area contributed by atoms with Crippen molar-refractivity contribution in [2.24, 2.45) is 0 Å². The Labute approximate surface area is 96.6 Å². The lowest BCUT2D eigenvalue weighted by Gasteiger charge is -2.25. The zero-order chi connectivity index (χ0) is 11.4. The number of Topliss-reactive ketones (excluding diaryl/α,β-unsaturated/α-hetero) is 1. The van der Waals surface area contributed by atoms with E-state index in [9.17, 15) is 4.79 Å². The SMILES string of the molecule is C[C@@H](OC1CCC(=O)CC1)c1ccccc1. The molecule has 0 saturated heterocycles. The Morgan fingerprint density at radius 3 is 2.44 bits per heavy atom. The van der Waals surface area contributed by atoms with Crippen LogP contribution < -0.4 is 0 Å². The molecular weight excluding hydrogens is 200 g/mol. The van der Waals surface area contributed by atoms with Gasteiger partial charge in [-0.15, -0.1) is 0 Å². The predicted molar refractivity (Wildman–Crippen MR) is 63.2 cm³/mol. The molecule has 1 saturated carbocycles. The van der Waals surface area contributed by atoms with Gasteiger partial charge in [0.15, 0.2) is 0 Å². The molecule has 1 aliphatic rings. The smallest absolute Gasteiger partial charge is 0.133 e. The van der Waals surface area contributed by atoms with E-state index >= 15 is 0 Å². The van der Waals surface area contributed by atoms with Gasteiger partial charge in [0.05, 0.1) is 12.2 Å². The quantitative estimate of drug-likeness (QED) is 0.778. The maximum Gasteiger partial charge on any atom is 0.133 e. The predicted octanol–water partition coefficient (Wildman–Crippen LogP) is 3.28. The number of carbonyl (C=O) groups is 1. The fourth-order valence-electron chi connectivity index (χ4n) is 2.14. The maximum atomic E-state index is 11.1. The van der Waals surface area contributed by atoms with Crippen LogP contribution in [0.5, 0.6) is 0 Å². The lowest BCUT2D eigenvalue weighted by molar-refractivity contribution is -0.124. The molecule has 2 rings (SSSR count). The molecular formula is C14H18O2. The van der Waals surface area contributed by atoms with E-state index in [1.54, 1.807) is 0 Å². The van der Waals surface area contributed by atoms with Crippen molar-refractivity contribution in [1.82, 2.24) is 0 Å². The van der Waals surface area contributed by atoms with Crippen molar-refractivity contribution in [3.8, 4) is 0 Å². The average Bonchev–Trinajstić information content (AvgIpc) is 2.33. The summed E-state index contributed by atoms with van der Waals surface area (Å²) in [5.74, 6) is 0.382. The summed E-state index contributed by atoms with van der Waals surface area (Å²) in [6, 6.07) is 10.2. The molecule has 0 unspecified atom stereocenters. The van der Waals surface area contributed by atoms with Gasteiger partial charge in [0.25, 0.3) is 0 Å². The van der Waals surface area contributed by atoms with Crippen molar-refractivity contribution in [3.63, 3.8) is 0 Å². The van der Waals surface area contributed by atoms with Crippen LogP contribution in [0, 0.1) is 0 Å². The van der Waals surface area contributed by atoms with Crippen LogP contribution in [0.2, 0.25) is 0 Å². The van der Waals surface area contributed by atoms with Crippen LogP contribution in [0.15, 0.2) is 30.3 Å². The van der Waals surface area contributed by atoms with Crippen LogP contribution in [0.25, 0.3) is 0 Å². The van der Waals surface area contributed by atoms with E-state index in [0.29, 0.717) is 18.6 Å². The van der Waals surface area contributed by atoms with Gasteiger partial charge in [0, 0.05) is 12.8 Å². The summed E-state index contributed by atoms with van der Waals surface area (Å²) in [7, 11) is 0. The molecule has 1 aliphatic carbocycles. The number of hydrogen-bond acceptors (Lipinski definition) is 2. The van der Waals surface area contributed by atoms with Crippen molar-refractivity contribution in [3.05, 3.63) is 35.9 Å². The summed E-state index contributed by atoms with van der Waals surface area (Å²) in [5.41, 5.74) is 1.21. The topological polar surface area (TPSA) is 26.3 Å². The second-order valence-corrected chi connectivity index (χ2v) is 4.43. The maximum absolute atomic E-state index is 11.1. The second-order valence-electron chi connectivity index (χ2n) is 4.43. The van der Waals surface area contributed by atoms with Crippen LogP contribution in [0.4, 0.5) is 0 Å². The molecule has 2 nitrogen and oxygen atoms in total. The molecule has 0 bridgehead atoms. The molecule has 0 aliphatic heterocycles. The summed E-state index contributed by atoms with van der Waals surface area (Å²) in [4.78, 5) is 11.1. The largest absolute Gasteiger partial charge is 0.371 e. The number of carbonyl (C=O) groups excluding carboxylic acids is 1. The number of benzene rings is 1. The lowest BCUT2D eigenvalue weighted by atomic mass is 9.96. The Hall–Kier alpha value is -1.15. The van der Waals surface area contributed by atoms with Crippen molar-refractivity contribution in [2.45, 2.75) is 44.8 Å². The molecule has 2 heteroatoms. The first kappa shape index (κ1) is 11.3. The fraction of sp³-hybridized carbons (Fsp3) is 0.500. The zero-order valence-corrected chi connectivity index (χ0v) is 9.69. The minimum atomic E-state index is 0.124. The third kappa shape index (κ3) is 2.92. The molecule has 1 aromatic carbocycles. The fourth-order valence-corrected chi connectivity index (χ4v) is 2.14. The third-order valence-corrected chi connectivity index (χ3v) is 3.16. The van der Waals surface area contributed by atoms with Crippen LogP contribution in [0.1, 0.15) is 44.3 Å². The van der Waals surface area contributed by atoms with Crippen LogP contribution >= 0.6 is 0 Å². The van der Waals surface area contributed by atoms with E-state index in [1.165, 1.54) is 5.56 Å². The van der Waals surface area contributed by atoms with Gasteiger partial charge in [-0.3, -0.25) is 4.79 Å². The van der Waals surface area contributed by atoms with Gasteiger partial charge >= 0.3 is 0 Å². The number of ketones is 1. The Balaban J connectivity index is 1.88. The minimum Gasteiger partial charge on any atom is -0.371 e. The molecule has 0 amide bonds. The Bertz CT molecular complexity index is 335.